The molecule has 0 spiro atoms. The molecule has 114 valence electrons. The van der Waals surface area contributed by atoms with Crippen molar-refractivity contribution in [1.82, 2.24) is 5.32 Å². The van der Waals surface area contributed by atoms with E-state index in [0.29, 0.717) is 23.5 Å². The molecule has 1 N–H and O–H groups in total. The SMILES string of the molecule is CCCNCC(OC1CC(C)CC(C)(C)C1)C(C)C. The van der Waals surface area contributed by atoms with Gasteiger partial charge in [0, 0.05) is 6.54 Å². The van der Waals surface area contributed by atoms with Gasteiger partial charge in [-0.3, -0.25) is 0 Å². The quantitative estimate of drug-likeness (QED) is 0.698. The van der Waals surface area contributed by atoms with E-state index in [1.54, 1.807) is 0 Å². The Hall–Kier alpha value is -0.0800. The molecule has 2 heteroatoms. The monoisotopic (exact) mass is 269 g/mol. The smallest absolute Gasteiger partial charge is 0.0726 e. The Kier molecular flexibility index (Phi) is 6.82. The molecule has 1 fully saturated rings. The summed E-state index contributed by atoms with van der Waals surface area (Å²) < 4.78 is 6.44. The summed E-state index contributed by atoms with van der Waals surface area (Å²) in [5.74, 6) is 1.38. The third-order valence-corrected chi connectivity index (χ3v) is 4.23. The van der Waals surface area contributed by atoms with Gasteiger partial charge in [0.2, 0.25) is 0 Å². The second kappa shape index (κ2) is 7.64. The van der Waals surface area contributed by atoms with Crippen molar-refractivity contribution < 1.29 is 4.74 Å². The fraction of sp³-hybridized carbons (Fsp3) is 1.00. The lowest BCUT2D eigenvalue weighted by atomic mass is 9.71. The van der Waals surface area contributed by atoms with Crippen LogP contribution in [0.1, 0.15) is 67.2 Å². The molecule has 1 rings (SSSR count). The van der Waals surface area contributed by atoms with Gasteiger partial charge in [-0.15, -0.1) is 0 Å². The van der Waals surface area contributed by atoms with Crippen LogP contribution in [0.4, 0.5) is 0 Å². The van der Waals surface area contributed by atoms with E-state index >= 15 is 0 Å². The highest BCUT2D eigenvalue weighted by molar-refractivity contribution is 4.84. The number of hydrogen-bond donors (Lipinski definition) is 1. The van der Waals surface area contributed by atoms with Crippen molar-refractivity contribution in [3.05, 3.63) is 0 Å². The molecule has 0 heterocycles. The van der Waals surface area contributed by atoms with Gasteiger partial charge in [0.25, 0.3) is 0 Å². The van der Waals surface area contributed by atoms with Crippen LogP contribution < -0.4 is 5.32 Å². The van der Waals surface area contributed by atoms with E-state index < -0.39 is 0 Å². The summed E-state index contributed by atoms with van der Waals surface area (Å²) in [6.07, 6.45) is 5.80. The maximum absolute atomic E-state index is 6.44. The van der Waals surface area contributed by atoms with Gasteiger partial charge >= 0.3 is 0 Å². The van der Waals surface area contributed by atoms with E-state index in [1.807, 2.05) is 0 Å². The van der Waals surface area contributed by atoms with E-state index in [-0.39, 0.29) is 0 Å². The van der Waals surface area contributed by atoms with E-state index in [9.17, 15) is 0 Å². The highest BCUT2D eigenvalue weighted by Gasteiger charge is 2.34. The predicted octanol–water partition coefficient (Wildman–Crippen LogP) is 4.24. The molecule has 3 unspecified atom stereocenters. The molecule has 1 saturated carbocycles. The largest absolute Gasteiger partial charge is 0.373 e. The zero-order valence-electron chi connectivity index (χ0n) is 14.0. The Morgan fingerprint density at radius 3 is 2.47 bits per heavy atom. The van der Waals surface area contributed by atoms with Gasteiger partial charge in [0.05, 0.1) is 12.2 Å². The van der Waals surface area contributed by atoms with Crippen molar-refractivity contribution in [1.29, 1.82) is 0 Å². The fourth-order valence-electron chi connectivity index (χ4n) is 3.47. The van der Waals surface area contributed by atoms with Crippen LogP contribution in [-0.4, -0.2) is 25.3 Å². The summed E-state index contributed by atoms with van der Waals surface area (Å²) in [5, 5.41) is 3.51. The van der Waals surface area contributed by atoms with Crippen LogP contribution in [0.15, 0.2) is 0 Å². The van der Waals surface area contributed by atoms with Gasteiger partial charge in [-0.2, -0.15) is 0 Å². The lowest BCUT2D eigenvalue weighted by Crippen LogP contribution is -2.40. The summed E-state index contributed by atoms with van der Waals surface area (Å²) in [7, 11) is 0. The van der Waals surface area contributed by atoms with Crippen molar-refractivity contribution in [2.24, 2.45) is 17.3 Å². The Balaban J connectivity index is 2.48. The van der Waals surface area contributed by atoms with Crippen LogP contribution >= 0.6 is 0 Å². The summed E-state index contributed by atoms with van der Waals surface area (Å²) in [5.41, 5.74) is 0.445. The molecule has 0 amide bonds. The van der Waals surface area contributed by atoms with Crippen LogP contribution in [0.3, 0.4) is 0 Å². The molecule has 3 atom stereocenters. The van der Waals surface area contributed by atoms with Gasteiger partial charge in [-0.25, -0.2) is 0 Å². The van der Waals surface area contributed by atoms with Crippen molar-refractivity contribution in [3.63, 3.8) is 0 Å². The second-order valence-electron chi connectivity index (χ2n) is 7.66. The van der Waals surface area contributed by atoms with Crippen molar-refractivity contribution in [3.8, 4) is 0 Å². The molecule has 0 aromatic heterocycles. The molecule has 1 aliphatic rings. The topological polar surface area (TPSA) is 21.3 Å². The zero-order chi connectivity index (χ0) is 14.5. The maximum Gasteiger partial charge on any atom is 0.0726 e. The Bertz CT molecular complexity index is 250. The first kappa shape index (κ1) is 17.0. The van der Waals surface area contributed by atoms with Crippen LogP contribution in [0, 0.1) is 17.3 Å². The first-order valence-electron chi connectivity index (χ1n) is 8.20. The zero-order valence-corrected chi connectivity index (χ0v) is 14.0. The van der Waals surface area contributed by atoms with Crippen LogP contribution in [0.2, 0.25) is 0 Å². The lowest BCUT2D eigenvalue weighted by molar-refractivity contribution is -0.0797. The third kappa shape index (κ3) is 6.27. The molecule has 0 aromatic carbocycles. The normalized spacial score (nSPS) is 28.6. The van der Waals surface area contributed by atoms with Crippen LogP contribution in [0.25, 0.3) is 0 Å². The van der Waals surface area contributed by atoms with Crippen molar-refractivity contribution in [2.45, 2.75) is 79.4 Å². The van der Waals surface area contributed by atoms with E-state index in [4.69, 9.17) is 4.74 Å². The molecule has 0 aliphatic heterocycles. The highest BCUT2D eigenvalue weighted by Crippen LogP contribution is 2.40. The van der Waals surface area contributed by atoms with E-state index in [2.05, 4.69) is 46.9 Å². The molecular weight excluding hydrogens is 234 g/mol. The van der Waals surface area contributed by atoms with Gasteiger partial charge in [-0.1, -0.05) is 41.5 Å². The van der Waals surface area contributed by atoms with Crippen molar-refractivity contribution in [2.75, 3.05) is 13.1 Å². The minimum atomic E-state index is 0.359. The first-order chi connectivity index (χ1) is 8.84. The number of rotatable bonds is 7. The number of hydrogen-bond acceptors (Lipinski definition) is 2. The van der Waals surface area contributed by atoms with Gasteiger partial charge in [0.15, 0.2) is 0 Å². The average molecular weight is 269 g/mol. The summed E-state index contributed by atoms with van der Waals surface area (Å²) in [6, 6.07) is 0. The standard InChI is InChI=1S/C17H35NO/c1-7-8-18-12-16(13(2)3)19-15-9-14(4)10-17(5,6)11-15/h13-16,18H,7-12H2,1-6H3. The summed E-state index contributed by atoms with van der Waals surface area (Å²) >= 11 is 0. The first-order valence-corrected chi connectivity index (χ1v) is 8.20. The molecule has 0 bridgehead atoms. The van der Waals surface area contributed by atoms with Gasteiger partial charge < -0.3 is 10.1 Å². The minimum absolute atomic E-state index is 0.359. The molecule has 0 radical (unpaired) electrons. The Morgan fingerprint density at radius 1 is 1.26 bits per heavy atom. The molecule has 2 nitrogen and oxygen atoms in total. The Labute approximate surface area is 120 Å². The Morgan fingerprint density at radius 2 is 1.95 bits per heavy atom. The van der Waals surface area contributed by atoms with E-state index in [1.165, 1.54) is 25.7 Å². The predicted molar refractivity (Wildman–Crippen MR) is 83.5 cm³/mol. The minimum Gasteiger partial charge on any atom is -0.373 e. The van der Waals surface area contributed by atoms with Gasteiger partial charge in [0.1, 0.15) is 0 Å². The van der Waals surface area contributed by atoms with E-state index in [0.717, 1.165) is 19.0 Å². The molecule has 19 heavy (non-hydrogen) atoms. The van der Waals surface area contributed by atoms with Crippen LogP contribution in [0.5, 0.6) is 0 Å². The lowest BCUT2D eigenvalue weighted by Gasteiger charge is -2.40. The summed E-state index contributed by atoms with van der Waals surface area (Å²) in [4.78, 5) is 0. The summed E-state index contributed by atoms with van der Waals surface area (Å²) in [6.45, 7) is 16.0. The molecule has 0 aromatic rings. The van der Waals surface area contributed by atoms with Crippen molar-refractivity contribution >= 4 is 0 Å². The number of ether oxygens (including phenoxy) is 1. The fourth-order valence-corrected chi connectivity index (χ4v) is 3.47. The molecule has 0 saturated heterocycles. The molecular formula is C17H35NO. The average Bonchev–Trinajstić information content (AvgIpc) is 2.24. The highest BCUT2D eigenvalue weighted by atomic mass is 16.5. The van der Waals surface area contributed by atoms with Gasteiger partial charge in [-0.05, 0) is 49.5 Å². The molecule has 1 aliphatic carbocycles. The second-order valence-corrected chi connectivity index (χ2v) is 7.66. The maximum atomic E-state index is 6.44. The van der Waals surface area contributed by atoms with Crippen LogP contribution in [-0.2, 0) is 4.74 Å². The number of nitrogens with one attached hydrogen (secondary N) is 1. The third-order valence-electron chi connectivity index (χ3n) is 4.23.